The van der Waals surface area contributed by atoms with Crippen LogP contribution in [0.5, 0.6) is 0 Å². The molecule has 5 nitrogen and oxygen atoms in total. The van der Waals surface area contributed by atoms with Gasteiger partial charge in [0.05, 0.1) is 17.9 Å². The Morgan fingerprint density at radius 2 is 2.04 bits per heavy atom. The summed E-state index contributed by atoms with van der Waals surface area (Å²) in [4.78, 5) is 22.5. The molecule has 134 valence electrons. The molecule has 26 heavy (non-hydrogen) atoms. The van der Waals surface area contributed by atoms with Crippen LogP contribution >= 0.6 is 0 Å². The number of hydrogen-bond acceptors (Lipinski definition) is 3. The van der Waals surface area contributed by atoms with E-state index >= 15 is 0 Å². The summed E-state index contributed by atoms with van der Waals surface area (Å²) in [7, 11) is 0. The van der Waals surface area contributed by atoms with Crippen molar-refractivity contribution < 1.29 is 9.53 Å². The number of piperidine rings is 1. The number of terminal acetylenes is 1. The van der Waals surface area contributed by atoms with E-state index in [1.165, 1.54) is 0 Å². The number of ether oxygens (including phenoxy) is 1. The van der Waals surface area contributed by atoms with Gasteiger partial charge in [-0.25, -0.2) is 9.78 Å². The number of imidazole rings is 1. The molecule has 1 N–H and O–H groups in total. The second-order valence-electron chi connectivity index (χ2n) is 8.11. The quantitative estimate of drug-likeness (QED) is 0.830. The molecule has 2 unspecified atom stereocenters. The smallest absolute Gasteiger partial charge is 0.411 e. The first-order valence-corrected chi connectivity index (χ1v) is 8.99. The number of hydrogen-bond donors (Lipinski definition) is 1. The monoisotopic (exact) mass is 349 g/mol. The molecule has 2 aromatic rings. The normalized spacial score (nSPS) is 24.1. The first-order valence-electron chi connectivity index (χ1n) is 8.99. The molecule has 0 radical (unpaired) electrons. The van der Waals surface area contributed by atoms with Gasteiger partial charge in [0.25, 0.3) is 0 Å². The van der Waals surface area contributed by atoms with Gasteiger partial charge in [-0.2, -0.15) is 0 Å². The van der Waals surface area contributed by atoms with Gasteiger partial charge in [0, 0.05) is 11.6 Å². The van der Waals surface area contributed by atoms with Crippen molar-refractivity contribution in [2.45, 2.75) is 51.3 Å². The van der Waals surface area contributed by atoms with Crippen molar-refractivity contribution in [3.63, 3.8) is 0 Å². The average molecular weight is 349 g/mol. The first-order chi connectivity index (χ1) is 12.4. The van der Waals surface area contributed by atoms with Gasteiger partial charge in [-0.1, -0.05) is 18.1 Å². The van der Waals surface area contributed by atoms with Crippen LogP contribution in [0.25, 0.3) is 11.3 Å². The fourth-order valence-corrected chi connectivity index (χ4v) is 3.68. The van der Waals surface area contributed by atoms with Crippen LogP contribution in [0.3, 0.4) is 0 Å². The molecule has 1 aromatic carbocycles. The van der Waals surface area contributed by atoms with Crippen molar-refractivity contribution in [3.8, 4) is 23.6 Å². The number of amides is 1. The van der Waals surface area contributed by atoms with Crippen molar-refractivity contribution in [1.82, 2.24) is 14.9 Å². The lowest BCUT2D eigenvalue weighted by Gasteiger charge is -2.29. The zero-order valence-corrected chi connectivity index (χ0v) is 15.3. The fraction of sp³-hybridized carbons (Fsp3) is 0.429. The average Bonchev–Trinajstić information content (AvgIpc) is 3.04. The van der Waals surface area contributed by atoms with Crippen molar-refractivity contribution >= 4 is 6.09 Å². The lowest BCUT2D eigenvalue weighted by Crippen LogP contribution is -2.38. The van der Waals surface area contributed by atoms with E-state index in [0.717, 1.165) is 35.5 Å². The molecule has 4 rings (SSSR count). The van der Waals surface area contributed by atoms with Gasteiger partial charge in [0.15, 0.2) is 0 Å². The number of nitrogens with one attached hydrogen (secondary N) is 1. The Labute approximate surface area is 153 Å². The van der Waals surface area contributed by atoms with Gasteiger partial charge in [-0.15, -0.1) is 6.42 Å². The number of fused-ring (bicyclic) bond motifs is 1. The second kappa shape index (κ2) is 5.91. The third kappa shape index (κ3) is 3.08. The molecule has 2 heterocycles. The Morgan fingerprint density at radius 1 is 1.31 bits per heavy atom. The summed E-state index contributed by atoms with van der Waals surface area (Å²) < 4.78 is 5.61. The molecule has 1 saturated heterocycles. The van der Waals surface area contributed by atoms with Crippen molar-refractivity contribution in [3.05, 3.63) is 41.9 Å². The Morgan fingerprint density at radius 3 is 2.69 bits per heavy atom. The van der Waals surface area contributed by atoms with Crippen molar-refractivity contribution in [1.29, 1.82) is 0 Å². The zero-order valence-electron chi connectivity index (χ0n) is 15.3. The number of carbonyl (C=O) groups excluding carboxylic acids is 1. The number of carbonyl (C=O) groups is 1. The molecule has 2 fully saturated rings. The van der Waals surface area contributed by atoms with Crippen molar-refractivity contribution in [2.75, 3.05) is 0 Å². The molecule has 1 aliphatic heterocycles. The number of likely N-dealkylation sites (tertiary alicyclic amines) is 1. The molecule has 3 atom stereocenters. The maximum absolute atomic E-state index is 12.7. The largest absolute Gasteiger partial charge is 0.444 e. The lowest BCUT2D eigenvalue weighted by atomic mass is 10.1. The maximum atomic E-state index is 12.7. The molecular formula is C21H23N3O2. The van der Waals surface area contributed by atoms with E-state index in [1.807, 2.05) is 56.1 Å². The Hall–Kier alpha value is -2.74. The Kier molecular flexibility index (Phi) is 3.80. The summed E-state index contributed by atoms with van der Waals surface area (Å²) >= 11 is 0. The third-order valence-corrected chi connectivity index (χ3v) is 4.98. The van der Waals surface area contributed by atoms with Crippen LogP contribution in [-0.4, -0.2) is 32.6 Å². The predicted molar refractivity (Wildman–Crippen MR) is 99.3 cm³/mol. The molecule has 1 aromatic heterocycles. The highest BCUT2D eigenvalue weighted by molar-refractivity contribution is 5.70. The lowest BCUT2D eigenvalue weighted by molar-refractivity contribution is 0.0175. The summed E-state index contributed by atoms with van der Waals surface area (Å²) in [6.07, 6.45) is 8.98. The van der Waals surface area contributed by atoms with E-state index in [1.54, 1.807) is 0 Å². The maximum Gasteiger partial charge on any atom is 0.411 e. The molecule has 0 bridgehead atoms. The predicted octanol–water partition coefficient (Wildman–Crippen LogP) is 4.13. The Bertz CT molecular complexity index is 870. The summed E-state index contributed by atoms with van der Waals surface area (Å²) in [5.41, 5.74) is 2.30. The number of rotatable bonds is 2. The molecule has 5 heteroatoms. The highest BCUT2D eigenvalue weighted by Crippen LogP contribution is 2.53. The summed E-state index contributed by atoms with van der Waals surface area (Å²) in [6.45, 7) is 5.68. The number of aromatic nitrogens is 2. The summed E-state index contributed by atoms with van der Waals surface area (Å²) in [6, 6.07) is 8.01. The van der Waals surface area contributed by atoms with E-state index in [4.69, 9.17) is 11.2 Å². The topological polar surface area (TPSA) is 58.2 Å². The van der Waals surface area contributed by atoms with E-state index < -0.39 is 5.60 Å². The van der Waals surface area contributed by atoms with Gasteiger partial charge >= 0.3 is 6.09 Å². The summed E-state index contributed by atoms with van der Waals surface area (Å²) in [5.74, 6) is 4.00. The van der Waals surface area contributed by atoms with Crippen LogP contribution in [0.15, 0.2) is 30.5 Å². The number of aromatic amines is 1. The summed E-state index contributed by atoms with van der Waals surface area (Å²) in [5, 5.41) is 0. The van der Waals surface area contributed by atoms with Crippen LogP contribution in [0.4, 0.5) is 4.79 Å². The SMILES string of the molecule is C#Cc1ccc(-c2cnc([C@@H]3CC4CC4N3C(=O)OC(C)(C)C)[nH]2)cc1. The van der Waals surface area contributed by atoms with Gasteiger partial charge in [0.2, 0.25) is 0 Å². The van der Waals surface area contributed by atoms with Crippen LogP contribution in [0, 0.1) is 18.3 Å². The molecule has 2 aliphatic rings. The number of H-pyrrole nitrogens is 1. The van der Waals surface area contributed by atoms with Crippen LogP contribution in [-0.2, 0) is 4.74 Å². The number of benzene rings is 1. The van der Waals surface area contributed by atoms with E-state index in [9.17, 15) is 4.79 Å². The van der Waals surface area contributed by atoms with E-state index in [2.05, 4.69) is 15.9 Å². The van der Waals surface area contributed by atoms with Crippen LogP contribution < -0.4 is 0 Å². The standard InChI is InChI=1S/C21H23N3O2/c1-5-13-6-8-14(9-7-13)16-12-22-19(23-16)18-11-15-10-17(15)24(18)20(25)26-21(2,3)4/h1,6-9,12,15,17-18H,10-11H2,2-4H3,(H,22,23)/t15?,17?,18-/m0/s1. The van der Waals surface area contributed by atoms with Gasteiger partial charge in [-0.3, -0.25) is 4.90 Å². The van der Waals surface area contributed by atoms with Gasteiger partial charge < -0.3 is 9.72 Å². The van der Waals surface area contributed by atoms with Crippen LogP contribution in [0.2, 0.25) is 0 Å². The Balaban J connectivity index is 1.56. The molecular weight excluding hydrogens is 326 g/mol. The first kappa shape index (κ1) is 16.7. The molecule has 1 amide bonds. The van der Waals surface area contributed by atoms with Crippen molar-refractivity contribution in [2.24, 2.45) is 5.92 Å². The molecule has 1 saturated carbocycles. The minimum atomic E-state index is -0.498. The van der Waals surface area contributed by atoms with Gasteiger partial charge in [-0.05, 0) is 57.2 Å². The molecule has 1 aliphatic carbocycles. The minimum Gasteiger partial charge on any atom is -0.444 e. The number of nitrogens with zero attached hydrogens (tertiary/aromatic N) is 2. The highest BCUT2D eigenvalue weighted by Gasteiger charge is 2.56. The van der Waals surface area contributed by atoms with E-state index in [0.29, 0.717) is 12.0 Å². The minimum absolute atomic E-state index is 0.0488. The fourth-order valence-electron chi connectivity index (χ4n) is 3.68. The highest BCUT2D eigenvalue weighted by atomic mass is 16.6. The van der Waals surface area contributed by atoms with Crippen LogP contribution in [0.1, 0.15) is 51.0 Å². The zero-order chi connectivity index (χ0) is 18.5. The van der Waals surface area contributed by atoms with E-state index in [-0.39, 0.29) is 12.1 Å². The molecule has 0 spiro atoms. The third-order valence-electron chi connectivity index (χ3n) is 4.98. The second-order valence-corrected chi connectivity index (χ2v) is 8.11. The van der Waals surface area contributed by atoms with Gasteiger partial charge in [0.1, 0.15) is 11.4 Å².